The first-order valence-electron chi connectivity index (χ1n) is 10.1. The minimum absolute atomic E-state index is 0.0576. The SMILES string of the molecule is CN(C(=O)CCCOc1ccccc1)c1ccc2c(c1)N(Cc1c[nH]cn1)CCO2. The third-order valence-corrected chi connectivity index (χ3v) is 5.12. The Bertz CT molecular complexity index is 960. The highest BCUT2D eigenvalue weighted by Crippen LogP contribution is 2.36. The van der Waals surface area contributed by atoms with Crippen molar-refractivity contribution < 1.29 is 14.3 Å². The van der Waals surface area contributed by atoms with E-state index in [-0.39, 0.29) is 5.91 Å². The zero-order valence-electron chi connectivity index (χ0n) is 17.1. The average molecular weight is 406 g/mol. The fraction of sp³-hybridized carbons (Fsp3) is 0.304. The van der Waals surface area contributed by atoms with Gasteiger partial charge in [-0.25, -0.2) is 4.98 Å². The number of ether oxygens (including phenoxy) is 2. The van der Waals surface area contributed by atoms with Crippen LogP contribution in [0.4, 0.5) is 11.4 Å². The second-order valence-electron chi connectivity index (χ2n) is 7.20. The van der Waals surface area contributed by atoms with E-state index in [9.17, 15) is 4.79 Å². The summed E-state index contributed by atoms with van der Waals surface area (Å²) in [6.07, 6.45) is 4.67. The van der Waals surface area contributed by atoms with Crippen LogP contribution in [-0.4, -0.2) is 42.7 Å². The third-order valence-electron chi connectivity index (χ3n) is 5.12. The molecule has 4 rings (SSSR count). The number of anilines is 2. The van der Waals surface area contributed by atoms with Crippen LogP contribution in [0.15, 0.2) is 61.1 Å². The van der Waals surface area contributed by atoms with Crippen molar-refractivity contribution in [2.45, 2.75) is 19.4 Å². The van der Waals surface area contributed by atoms with Crippen LogP contribution in [0.3, 0.4) is 0 Å². The molecule has 2 heterocycles. The van der Waals surface area contributed by atoms with Crippen LogP contribution in [0.5, 0.6) is 11.5 Å². The maximum atomic E-state index is 12.7. The molecular weight excluding hydrogens is 380 g/mol. The van der Waals surface area contributed by atoms with Gasteiger partial charge in [-0.3, -0.25) is 4.79 Å². The van der Waals surface area contributed by atoms with E-state index >= 15 is 0 Å². The number of imidazole rings is 1. The minimum atomic E-state index is 0.0576. The number of nitrogens with zero attached hydrogens (tertiary/aromatic N) is 3. The molecule has 1 aromatic heterocycles. The number of para-hydroxylation sites is 1. The number of amides is 1. The zero-order chi connectivity index (χ0) is 20.8. The molecule has 2 aromatic carbocycles. The number of benzene rings is 2. The lowest BCUT2D eigenvalue weighted by atomic mass is 10.2. The molecule has 1 aliphatic heterocycles. The van der Waals surface area contributed by atoms with Crippen molar-refractivity contribution in [2.75, 3.05) is 36.6 Å². The van der Waals surface area contributed by atoms with E-state index < -0.39 is 0 Å². The molecule has 30 heavy (non-hydrogen) atoms. The van der Waals surface area contributed by atoms with Gasteiger partial charge in [-0.1, -0.05) is 18.2 Å². The molecule has 1 N–H and O–H groups in total. The number of fused-ring (bicyclic) bond motifs is 1. The summed E-state index contributed by atoms with van der Waals surface area (Å²) in [5.74, 6) is 1.71. The maximum absolute atomic E-state index is 12.7. The molecule has 0 atom stereocenters. The predicted molar refractivity (Wildman–Crippen MR) is 116 cm³/mol. The summed E-state index contributed by atoms with van der Waals surface area (Å²) in [6.45, 7) is 2.61. The van der Waals surface area contributed by atoms with Gasteiger partial charge >= 0.3 is 0 Å². The Morgan fingerprint density at radius 3 is 2.93 bits per heavy atom. The smallest absolute Gasteiger partial charge is 0.226 e. The van der Waals surface area contributed by atoms with E-state index in [1.54, 1.807) is 11.2 Å². The number of H-pyrrole nitrogens is 1. The van der Waals surface area contributed by atoms with Gasteiger partial charge < -0.3 is 24.3 Å². The first-order chi connectivity index (χ1) is 14.7. The number of carbonyl (C=O) groups is 1. The topological polar surface area (TPSA) is 70.7 Å². The minimum Gasteiger partial charge on any atom is -0.494 e. The van der Waals surface area contributed by atoms with E-state index in [2.05, 4.69) is 14.9 Å². The van der Waals surface area contributed by atoms with Gasteiger partial charge in [0.1, 0.15) is 18.1 Å². The van der Waals surface area contributed by atoms with Crippen LogP contribution in [-0.2, 0) is 11.3 Å². The highest BCUT2D eigenvalue weighted by Gasteiger charge is 2.21. The van der Waals surface area contributed by atoms with E-state index in [1.807, 2.05) is 61.8 Å². The van der Waals surface area contributed by atoms with Crippen LogP contribution >= 0.6 is 0 Å². The Labute approximate surface area is 176 Å². The molecule has 0 unspecified atom stereocenters. The maximum Gasteiger partial charge on any atom is 0.226 e. The van der Waals surface area contributed by atoms with E-state index in [1.165, 1.54) is 0 Å². The van der Waals surface area contributed by atoms with E-state index in [0.717, 1.165) is 35.1 Å². The Hall–Kier alpha value is -3.48. The highest BCUT2D eigenvalue weighted by molar-refractivity contribution is 5.93. The van der Waals surface area contributed by atoms with Gasteiger partial charge in [0, 0.05) is 25.4 Å². The Morgan fingerprint density at radius 1 is 1.27 bits per heavy atom. The molecule has 1 aliphatic rings. The fourth-order valence-electron chi connectivity index (χ4n) is 3.45. The summed E-state index contributed by atoms with van der Waals surface area (Å²) < 4.78 is 11.5. The molecule has 0 spiro atoms. The molecule has 0 aliphatic carbocycles. The van der Waals surface area contributed by atoms with Gasteiger partial charge in [0.25, 0.3) is 0 Å². The number of carbonyl (C=O) groups excluding carboxylic acids is 1. The number of hydrogen-bond donors (Lipinski definition) is 1. The summed E-state index contributed by atoms with van der Waals surface area (Å²) in [6, 6.07) is 15.5. The molecule has 7 nitrogen and oxygen atoms in total. The highest BCUT2D eigenvalue weighted by atomic mass is 16.5. The van der Waals surface area contributed by atoms with Gasteiger partial charge in [0.2, 0.25) is 5.91 Å². The lowest BCUT2D eigenvalue weighted by Crippen LogP contribution is -2.33. The first-order valence-corrected chi connectivity index (χ1v) is 10.1. The van der Waals surface area contributed by atoms with Gasteiger partial charge in [0.15, 0.2) is 0 Å². The van der Waals surface area contributed by atoms with Crippen molar-refractivity contribution in [1.82, 2.24) is 9.97 Å². The molecule has 3 aromatic rings. The molecule has 7 heteroatoms. The molecule has 1 amide bonds. The van der Waals surface area contributed by atoms with E-state index in [0.29, 0.717) is 32.6 Å². The lowest BCUT2D eigenvalue weighted by molar-refractivity contribution is -0.118. The van der Waals surface area contributed by atoms with Crippen LogP contribution < -0.4 is 19.3 Å². The Kier molecular flexibility index (Phi) is 6.17. The van der Waals surface area contributed by atoms with Crippen LogP contribution in [0.2, 0.25) is 0 Å². The molecule has 0 radical (unpaired) electrons. The third kappa shape index (κ3) is 4.74. The van der Waals surface area contributed by atoms with Gasteiger partial charge in [0.05, 0.1) is 37.4 Å². The molecule has 0 saturated heterocycles. The number of aromatic amines is 1. The van der Waals surface area contributed by atoms with Crippen LogP contribution in [0.25, 0.3) is 0 Å². The zero-order valence-corrected chi connectivity index (χ0v) is 17.1. The predicted octanol–water partition coefficient (Wildman–Crippen LogP) is 3.63. The second kappa shape index (κ2) is 9.35. The molecule has 0 fully saturated rings. The first kappa shape index (κ1) is 19.8. The molecule has 0 saturated carbocycles. The largest absolute Gasteiger partial charge is 0.494 e. The number of aromatic nitrogens is 2. The second-order valence-corrected chi connectivity index (χ2v) is 7.20. The fourth-order valence-corrected chi connectivity index (χ4v) is 3.45. The van der Waals surface area contributed by atoms with Crippen LogP contribution in [0, 0.1) is 0 Å². The molecule has 0 bridgehead atoms. The summed E-state index contributed by atoms with van der Waals surface area (Å²) in [4.78, 5) is 23.9. The van der Waals surface area contributed by atoms with E-state index in [4.69, 9.17) is 9.47 Å². The summed E-state index contributed by atoms with van der Waals surface area (Å²) in [5, 5.41) is 0. The molecular formula is C23H26N4O3. The Morgan fingerprint density at radius 2 is 2.13 bits per heavy atom. The van der Waals surface area contributed by atoms with Crippen molar-refractivity contribution in [3.63, 3.8) is 0 Å². The average Bonchev–Trinajstić information content (AvgIpc) is 3.30. The van der Waals surface area contributed by atoms with Gasteiger partial charge in [-0.2, -0.15) is 0 Å². The number of nitrogens with one attached hydrogen (secondary N) is 1. The Balaban J connectivity index is 1.36. The molecule has 156 valence electrons. The van der Waals surface area contributed by atoms with Crippen molar-refractivity contribution in [2.24, 2.45) is 0 Å². The van der Waals surface area contributed by atoms with Crippen LogP contribution in [0.1, 0.15) is 18.5 Å². The summed E-state index contributed by atoms with van der Waals surface area (Å²) in [7, 11) is 1.81. The van der Waals surface area contributed by atoms with Gasteiger partial charge in [-0.15, -0.1) is 0 Å². The normalized spacial score (nSPS) is 12.8. The van der Waals surface area contributed by atoms with Crippen molar-refractivity contribution >= 4 is 17.3 Å². The van der Waals surface area contributed by atoms with Crippen molar-refractivity contribution in [3.8, 4) is 11.5 Å². The monoisotopic (exact) mass is 406 g/mol. The van der Waals surface area contributed by atoms with Gasteiger partial charge in [-0.05, 0) is 36.8 Å². The number of hydrogen-bond acceptors (Lipinski definition) is 5. The summed E-state index contributed by atoms with van der Waals surface area (Å²) >= 11 is 0. The summed E-state index contributed by atoms with van der Waals surface area (Å²) in [5.41, 5.74) is 2.80. The quantitative estimate of drug-likeness (QED) is 0.579. The number of rotatable bonds is 8. The van der Waals surface area contributed by atoms with Crippen molar-refractivity contribution in [1.29, 1.82) is 0 Å². The standard InChI is InChI=1S/C23H26N4O3/c1-26(23(28)8-5-12-29-20-6-3-2-4-7-20)19-9-10-22-21(14-19)27(11-13-30-22)16-18-15-24-17-25-18/h2-4,6-7,9-10,14-15,17H,5,8,11-13,16H2,1H3,(H,24,25). The van der Waals surface area contributed by atoms with Crippen molar-refractivity contribution in [3.05, 3.63) is 66.7 Å². The lowest BCUT2D eigenvalue weighted by Gasteiger charge is -2.32.